The highest BCUT2D eigenvalue weighted by molar-refractivity contribution is 5.80. The predicted molar refractivity (Wildman–Crippen MR) is 123 cm³/mol. The highest BCUT2D eigenvalue weighted by atomic mass is 19.4. The summed E-state index contributed by atoms with van der Waals surface area (Å²) in [5.41, 5.74) is 2.28. The Bertz CT molecular complexity index is 1300. The van der Waals surface area contributed by atoms with E-state index in [0.29, 0.717) is 30.1 Å². The summed E-state index contributed by atoms with van der Waals surface area (Å²) in [5, 5.41) is 0.264. The molecule has 3 aromatic heterocycles. The number of nitrogens with zero attached hydrogens (tertiary/aromatic N) is 4. The average molecular weight is 473 g/mol. The van der Waals surface area contributed by atoms with Crippen LogP contribution in [-0.4, -0.2) is 32.3 Å². The van der Waals surface area contributed by atoms with Crippen molar-refractivity contribution >= 4 is 10.9 Å². The molecule has 1 fully saturated rings. The molecule has 0 radical (unpaired) electrons. The van der Waals surface area contributed by atoms with Crippen LogP contribution in [0, 0.1) is 13.8 Å². The number of allylic oxidation sites excluding steroid dienone is 1. The van der Waals surface area contributed by atoms with Crippen molar-refractivity contribution in [3.05, 3.63) is 75.4 Å². The Kier molecular flexibility index (Phi) is 6.58. The lowest BCUT2D eigenvalue weighted by atomic mass is 9.88. The summed E-state index contributed by atoms with van der Waals surface area (Å²) in [6.45, 7) is 7.34. The van der Waals surface area contributed by atoms with Gasteiger partial charge in [-0.3, -0.25) is 19.3 Å². The summed E-state index contributed by atoms with van der Waals surface area (Å²) < 4.78 is 46.5. The van der Waals surface area contributed by atoms with Crippen molar-refractivity contribution in [2.75, 3.05) is 6.61 Å². The average Bonchev–Trinajstić information content (AvgIpc) is 2.80. The van der Waals surface area contributed by atoms with Crippen LogP contribution in [0.3, 0.4) is 0 Å². The van der Waals surface area contributed by atoms with Crippen LogP contribution in [0.15, 0.2) is 41.3 Å². The van der Waals surface area contributed by atoms with E-state index in [1.165, 1.54) is 4.57 Å². The van der Waals surface area contributed by atoms with E-state index in [9.17, 15) is 18.0 Å². The number of rotatable bonds is 5. The lowest BCUT2D eigenvalue weighted by molar-refractivity contribution is -0.0935. The number of aromatic nitrogens is 4. The number of aryl methyl sites for hydroxylation is 3. The Hall–Kier alpha value is -3.07. The van der Waals surface area contributed by atoms with Crippen LogP contribution >= 0.6 is 0 Å². The van der Waals surface area contributed by atoms with Crippen molar-refractivity contribution in [1.82, 2.24) is 19.5 Å². The molecule has 1 saturated heterocycles. The highest BCUT2D eigenvalue weighted by Crippen LogP contribution is 2.38. The molecule has 34 heavy (non-hydrogen) atoms. The van der Waals surface area contributed by atoms with Gasteiger partial charge >= 0.3 is 6.18 Å². The van der Waals surface area contributed by atoms with Gasteiger partial charge in [0.1, 0.15) is 5.82 Å². The van der Waals surface area contributed by atoms with Gasteiger partial charge in [0.2, 0.25) is 0 Å². The molecule has 0 spiro atoms. The fourth-order valence-corrected chi connectivity index (χ4v) is 4.36. The van der Waals surface area contributed by atoms with Crippen molar-refractivity contribution in [2.45, 2.75) is 57.7 Å². The number of hydrogen-bond acceptors (Lipinski definition) is 5. The van der Waals surface area contributed by atoms with Crippen molar-refractivity contribution in [1.29, 1.82) is 0 Å². The minimum atomic E-state index is -4.48. The number of fused-ring (bicyclic) bond motifs is 1. The summed E-state index contributed by atoms with van der Waals surface area (Å²) in [5.74, 6) is 0.546. The standard InChI is InChI=1S/C25H27F3N4O2/c1-14(25(26,27)28)5-6-19-23-21(30-16(3)32(4)24(23)33)13-20(31-19)17-8-10-34-22(12-17)18-7-9-29-15(2)11-18/h7,9,11,13,17,22H,1,5-6,8,10,12H2,2-4H3/t17-,22+/m0/s1. The first-order valence-electron chi connectivity index (χ1n) is 11.2. The van der Waals surface area contributed by atoms with E-state index < -0.39 is 11.7 Å². The second-order valence-corrected chi connectivity index (χ2v) is 8.82. The van der Waals surface area contributed by atoms with E-state index in [1.807, 2.05) is 19.1 Å². The van der Waals surface area contributed by atoms with Crippen molar-refractivity contribution in [3.8, 4) is 0 Å². The lowest BCUT2D eigenvalue weighted by Crippen LogP contribution is -2.24. The van der Waals surface area contributed by atoms with Gasteiger partial charge < -0.3 is 4.74 Å². The first kappa shape index (κ1) is 24.1. The SMILES string of the molecule is C=C(CCc1nc([C@H]2CCO[C@@H](c3ccnc(C)c3)C2)cc2nc(C)n(C)c(=O)c12)C(F)(F)F. The molecule has 2 atom stereocenters. The molecule has 1 aliphatic rings. The third-order valence-corrected chi connectivity index (χ3v) is 6.44. The van der Waals surface area contributed by atoms with Crippen LogP contribution in [0.5, 0.6) is 0 Å². The minimum absolute atomic E-state index is 0.0207. The van der Waals surface area contributed by atoms with Gasteiger partial charge in [-0.05, 0) is 63.3 Å². The molecule has 1 aliphatic heterocycles. The van der Waals surface area contributed by atoms with Crippen LogP contribution in [0.2, 0.25) is 0 Å². The molecular formula is C25H27F3N4O2. The summed E-state index contributed by atoms with van der Waals surface area (Å²) in [6.07, 6.45) is -1.86. The quantitative estimate of drug-likeness (QED) is 0.488. The first-order valence-corrected chi connectivity index (χ1v) is 11.2. The largest absolute Gasteiger partial charge is 0.412 e. The molecule has 180 valence electrons. The smallest absolute Gasteiger partial charge is 0.373 e. The zero-order valence-electron chi connectivity index (χ0n) is 19.4. The Morgan fingerprint density at radius 3 is 2.74 bits per heavy atom. The van der Waals surface area contributed by atoms with E-state index >= 15 is 0 Å². The summed E-state index contributed by atoms with van der Waals surface area (Å²) in [6, 6.07) is 5.72. The fraction of sp³-hybridized carbons (Fsp3) is 0.440. The van der Waals surface area contributed by atoms with E-state index in [4.69, 9.17) is 9.72 Å². The number of ether oxygens (including phenoxy) is 1. The molecule has 6 nitrogen and oxygen atoms in total. The van der Waals surface area contributed by atoms with Crippen LogP contribution < -0.4 is 5.56 Å². The van der Waals surface area contributed by atoms with Gasteiger partial charge in [0.15, 0.2) is 0 Å². The molecule has 0 amide bonds. The molecule has 3 aromatic rings. The fourth-order valence-electron chi connectivity index (χ4n) is 4.36. The molecule has 0 aromatic carbocycles. The molecule has 0 saturated carbocycles. The molecule has 0 aliphatic carbocycles. The van der Waals surface area contributed by atoms with Gasteiger partial charge in [0, 0.05) is 42.7 Å². The van der Waals surface area contributed by atoms with E-state index in [2.05, 4.69) is 16.5 Å². The van der Waals surface area contributed by atoms with E-state index in [1.54, 1.807) is 26.2 Å². The molecule has 0 unspecified atom stereocenters. The van der Waals surface area contributed by atoms with Crippen LogP contribution in [0.1, 0.15) is 59.8 Å². The van der Waals surface area contributed by atoms with Gasteiger partial charge in [-0.25, -0.2) is 4.98 Å². The van der Waals surface area contributed by atoms with Crippen molar-refractivity contribution < 1.29 is 17.9 Å². The number of hydrogen-bond donors (Lipinski definition) is 0. The normalized spacial score (nSPS) is 18.9. The Balaban J connectivity index is 1.73. The van der Waals surface area contributed by atoms with Gasteiger partial charge in [0.05, 0.1) is 22.7 Å². The maximum absolute atomic E-state index is 13.0. The van der Waals surface area contributed by atoms with Crippen LogP contribution in [0.25, 0.3) is 10.9 Å². The second-order valence-electron chi connectivity index (χ2n) is 8.82. The van der Waals surface area contributed by atoms with Crippen LogP contribution in [-0.2, 0) is 18.2 Å². The third kappa shape index (κ3) is 4.89. The summed E-state index contributed by atoms with van der Waals surface area (Å²) >= 11 is 0. The topological polar surface area (TPSA) is 69.9 Å². The summed E-state index contributed by atoms with van der Waals surface area (Å²) in [4.78, 5) is 26.5. The molecular weight excluding hydrogens is 445 g/mol. The predicted octanol–water partition coefficient (Wildman–Crippen LogP) is 5.03. The number of halogens is 3. The third-order valence-electron chi connectivity index (χ3n) is 6.44. The Morgan fingerprint density at radius 1 is 1.26 bits per heavy atom. The molecule has 4 heterocycles. The second kappa shape index (κ2) is 9.29. The van der Waals surface area contributed by atoms with E-state index in [-0.39, 0.29) is 35.8 Å². The molecule has 4 rings (SSSR count). The van der Waals surface area contributed by atoms with Gasteiger partial charge in [-0.1, -0.05) is 6.58 Å². The monoisotopic (exact) mass is 472 g/mol. The number of alkyl halides is 3. The Morgan fingerprint density at radius 2 is 2.03 bits per heavy atom. The number of pyridine rings is 2. The van der Waals surface area contributed by atoms with Crippen LogP contribution in [0.4, 0.5) is 13.2 Å². The molecule has 0 bridgehead atoms. The summed E-state index contributed by atoms with van der Waals surface area (Å²) in [7, 11) is 1.59. The molecule has 0 N–H and O–H groups in total. The zero-order valence-corrected chi connectivity index (χ0v) is 19.4. The minimum Gasteiger partial charge on any atom is -0.373 e. The highest BCUT2D eigenvalue weighted by Gasteiger charge is 2.32. The lowest BCUT2D eigenvalue weighted by Gasteiger charge is -2.30. The van der Waals surface area contributed by atoms with Gasteiger partial charge in [-0.15, -0.1) is 0 Å². The van der Waals surface area contributed by atoms with Gasteiger partial charge in [-0.2, -0.15) is 13.2 Å². The zero-order chi connectivity index (χ0) is 24.6. The Labute approximate surface area is 195 Å². The molecule has 9 heteroatoms. The van der Waals surface area contributed by atoms with Crippen molar-refractivity contribution in [3.63, 3.8) is 0 Å². The maximum atomic E-state index is 13.0. The van der Waals surface area contributed by atoms with E-state index in [0.717, 1.165) is 23.4 Å². The first-order chi connectivity index (χ1) is 16.0. The van der Waals surface area contributed by atoms with Crippen molar-refractivity contribution in [2.24, 2.45) is 7.05 Å². The maximum Gasteiger partial charge on any atom is 0.412 e. The van der Waals surface area contributed by atoms with Gasteiger partial charge in [0.25, 0.3) is 5.56 Å².